The van der Waals surface area contributed by atoms with Gasteiger partial charge in [-0.15, -0.1) is 0 Å². The third-order valence-corrected chi connectivity index (χ3v) is 4.93. The van der Waals surface area contributed by atoms with E-state index >= 15 is 0 Å². The molecule has 1 aromatic heterocycles. The van der Waals surface area contributed by atoms with Crippen molar-refractivity contribution in [2.75, 3.05) is 32.8 Å². The number of rotatable bonds is 8. The van der Waals surface area contributed by atoms with Crippen molar-refractivity contribution >= 4 is 12.0 Å². The van der Waals surface area contributed by atoms with E-state index in [2.05, 4.69) is 4.90 Å². The van der Waals surface area contributed by atoms with E-state index in [1.54, 1.807) is 11.2 Å². The topological polar surface area (TPSA) is 56.9 Å². The van der Waals surface area contributed by atoms with Crippen LogP contribution in [0, 0.1) is 5.92 Å². The minimum Gasteiger partial charge on any atom is -0.468 e. The zero-order chi connectivity index (χ0) is 18.9. The zero-order valence-corrected chi connectivity index (χ0v) is 15.7. The van der Waals surface area contributed by atoms with Crippen molar-refractivity contribution in [1.82, 2.24) is 9.80 Å². The molecule has 0 saturated carbocycles. The molecule has 1 aromatic carbocycles. The molecular formula is C22H28N2O3. The molecule has 0 bridgehead atoms. The molecule has 0 radical (unpaired) electrons. The van der Waals surface area contributed by atoms with Crippen LogP contribution in [0.2, 0.25) is 0 Å². The Morgan fingerprint density at radius 2 is 2.11 bits per heavy atom. The lowest BCUT2D eigenvalue weighted by atomic mass is 9.96. The van der Waals surface area contributed by atoms with Gasteiger partial charge in [-0.05, 0) is 37.1 Å². The van der Waals surface area contributed by atoms with E-state index < -0.39 is 0 Å². The number of nitrogens with zero attached hydrogens (tertiary/aromatic N) is 2. The van der Waals surface area contributed by atoms with Gasteiger partial charge in [-0.1, -0.05) is 42.5 Å². The first-order chi connectivity index (χ1) is 13.3. The Kier molecular flexibility index (Phi) is 7.25. The number of benzene rings is 1. The lowest BCUT2D eigenvalue weighted by Crippen LogP contribution is -2.45. The first-order valence-electron chi connectivity index (χ1n) is 9.62. The second-order valence-corrected chi connectivity index (χ2v) is 6.97. The van der Waals surface area contributed by atoms with E-state index in [0.717, 1.165) is 43.8 Å². The number of carbonyl (C=O) groups excluding carboxylic acids is 1. The molecule has 5 nitrogen and oxygen atoms in total. The lowest BCUT2D eigenvalue weighted by molar-refractivity contribution is -0.137. The van der Waals surface area contributed by atoms with Crippen LogP contribution >= 0.6 is 0 Å². The molecule has 3 rings (SSSR count). The predicted octanol–water partition coefficient (Wildman–Crippen LogP) is 3.03. The molecule has 1 saturated heterocycles. The average Bonchev–Trinajstić information content (AvgIpc) is 3.21. The van der Waals surface area contributed by atoms with Crippen molar-refractivity contribution in [2.45, 2.75) is 19.4 Å². The highest BCUT2D eigenvalue weighted by molar-refractivity contribution is 5.79. The number of aliphatic hydroxyl groups is 1. The highest BCUT2D eigenvalue weighted by atomic mass is 16.3. The molecule has 0 aliphatic carbocycles. The quantitative estimate of drug-likeness (QED) is 0.778. The van der Waals surface area contributed by atoms with Crippen LogP contribution < -0.4 is 0 Å². The Morgan fingerprint density at radius 1 is 1.26 bits per heavy atom. The van der Waals surface area contributed by atoms with Gasteiger partial charge < -0.3 is 14.4 Å². The molecule has 1 N–H and O–H groups in total. The standard InChI is InChI=1S/C22H28N2O3/c25-15-14-24(13-4-9-19-7-2-1-3-8-19)22(26)20-10-5-12-23(17-20)18-21-11-6-16-27-21/h1-4,6-9,11,16,20,25H,5,10,12-15,17-18H2/b9-4+. The molecule has 2 heterocycles. The molecule has 5 heteroatoms. The Morgan fingerprint density at radius 3 is 2.85 bits per heavy atom. The van der Waals surface area contributed by atoms with Crippen LogP contribution in [-0.2, 0) is 11.3 Å². The summed E-state index contributed by atoms with van der Waals surface area (Å²) in [6.45, 7) is 3.33. The summed E-state index contributed by atoms with van der Waals surface area (Å²) in [5.41, 5.74) is 1.11. The molecule has 0 spiro atoms. The van der Waals surface area contributed by atoms with Gasteiger partial charge in [0.05, 0.1) is 25.3 Å². The number of hydrogen-bond acceptors (Lipinski definition) is 4. The fourth-order valence-electron chi connectivity index (χ4n) is 3.57. The number of amides is 1. The van der Waals surface area contributed by atoms with Crippen molar-refractivity contribution in [3.8, 4) is 0 Å². The van der Waals surface area contributed by atoms with Crippen LogP contribution in [-0.4, -0.2) is 53.6 Å². The van der Waals surface area contributed by atoms with Crippen LogP contribution in [0.25, 0.3) is 6.08 Å². The monoisotopic (exact) mass is 368 g/mol. The minimum atomic E-state index is -0.0228. The molecule has 1 unspecified atom stereocenters. The van der Waals surface area contributed by atoms with Crippen molar-refractivity contribution < 1.29 is 14.3 Å². The molecule has 144 valence electrons. The number of hydrogen-bond donors (Lipinski definition) is 1. The van der Waals surface area contributed by atoms with E-state index in [9.17, 15) is 9.90 Å². The minimum absolute atomic E-state index is 0.0201. The van der Waals surface area contributed by atoms with E-state index in [0.29, 0.717) is 13.1 Å². The number of furan rings is 1. The van der Waals surface area contributed by atoms with E-state index in [1.807, 2.05) is 54.6 Å². The molecule has 1 amide bonds. The first-order valence-corrected chi connectivity index (χ1v) is 9.62. The van der Waals surface area contributed by atoms with Gasteiger partial charge in [0.2, 0.25) is 5.91 Å². The van der Waals surface area contributed by atoms with E-state index in [4.69, 9.17) is 4.42 Å². The fourth-order valence-corrected chi connectivity index (χ4v) is 3.57. The summed E-state index contributed by atoms with van der Waals surface area (Å²) >= 11 is 0. The van der Waals surface area contributed by atoms with Gasteiger partial charge in [0, 0.05) is 19.6 Å². The normalized spacial score (nSPS) is 18.0. The smallest absolute Gasteiger partial charge is 0.227 e. The van der Waals surface area contributed by atoms with Gasteiger partial charge in [0.25, 0.3) is 0 Å². The maximum atomic E-state index is 13.0. The number of piperidine rings is 1. The Bertz CT molecular complexity index is 712. The summed E-state index contributed by atoms with van der Waals surface area (Å²) in [6.07, 6.45) is 7.60. The van der Waals surface area contributed by atoms with Crippen molar-refractivity contribution in [2.24, 2.45) is 5.92 Å². The Labute approximate surface area is 160 Å². The summed E-state index contributed by atoms with van der Waals surface area (Å²) in [4.78, 5) is 17.1. The summed E-state index contributed by atoms with van der Waals surface area (Å²) in [6, 6.07) is 13.9. The molecule has 1 atom stereocenters. The third-order valence-electron chi connectivity index (χ3n) is 4.93. The molecule has 2 aromatic rings. The highest BCUT2D eigenvalue weighted by Crippen LogP contribution is 2.21. The summed E-state index contributed by atoms with van der Waals surface area (Å²) in [5.74, 6) is 1.04. The van der Waals surface area contributed by atoms with Crippen molar-refractivity contribution in [3.05, 3.63) is 66.1 Å². The first kappa shape index (κ1) is 19.4. The maximum absolute atomic E-state index is 13.0. The number of carbonyl (C=O) groups is 1. The van der Waals surface area contributed by atoms with Gasteiger partial charge in [-0.25, -0.2) is 0 Å². The second-order valence-electron chi connectivity index (χ2n) is 6.97. The van der Waals surface area contributed by atoms with Crippen LogP contribution in [0.15, 0.2) is 59.2 Å². The van der Waals surface area contributed by atoms with Crippen LogP contribution in [0.3, 0.4) is 0 Å². The fraction of sp³-hybridized carbons (Fsp3) is 0.409. The number of likely N-dealkylation sites (tertiary alicyclic amines) is 1. The van der Waals surface area contributed by atoms with Crippen molar-refractivity contribution in [3.63, 3.8) is 0 Å². The molecule has 1 fully saturated rings. The Hall–Kier alpha value is -2.37. The second kappa shape index (κ2) is 10.1. The van der Waals surface area contributed by atoms with Crippen LogP contribution in [0.1, 0.15) is 24.2 Å². The average molecular weight is 368 g/mol. The van der Waals surface area contributed by atoms with E-state index in [1.165, 1.54) is 0 Å². The predicted molar refractivity (Wildman–Crippen MR) is 106 cm³/mol. The largest absolute Gasteiger partial charge is 0.468 e. The van der Waals surface area contributed by atoms with Gasteiger partial charge in [0.1, 0.15) is 5.76 Å². The number of aliphatic hydroxyl groups excluding tert-OH is 1. The van der Waals surface area contributed by atoms with Gasteiger partial charge in [-0.2, -0.15) is 0 Å². The van der Waals surface area contributed by atoms with Gasteiger partial charge >= 0.3 is 0 Å². The Balaban J connectivity index is 1.57. The maximum Gasteiger partial charge on any atom is 0.227 e. The zero-order valence-electron chi connectivity index (χ0n) is 15.7. The molecular weight excluding hydrogens is 340 g/mol. The summed E-state index contributed by atoms with van der Waals surface area (Å²) in [7, 11) is 0. The molecule has 1 aliphatic heterocycles. The molecule has 1 aliphatic rings. The third kappa shape index (κ3) is 5.81. The van der Waals surface area contributed by atoms with Gasteiger partial charge in [0.15, 0.2) is 0 Å². The van der Waals surface area contributed by atoms with Gasteiger partial charge in [-0.3, -0.25) is 9.69 Å². The van der Waals surface area contributed by atoms with Crippen LogP contribution in [0.5, 0.6) is 0 Å². The highest BCUT2D eigenvalue weighted by Gasteiger charge is 2.29. The van der Waals surface area contributed by atoms with Crippen molar-refractivity contribution in [1.29, 1.82) is 0 Å². The summed E-state index contributed by atoms with van der Waals surface area (Å²) in [5, 5.41) is 9.38. The van der Waals surface area contributed by atoms with E-state index in [-0.39, 0.29) is 18.4 Å². The van der Waals surface area contributed by atoms with Crippen LogP contribution in [0.4, 0.5) is 0 Å². The SMILES string of the molecule is O=C(C1CCCN(Cc2ccco2)C1)N(C/C=C/c1ccccc1)CCO. The lowest BCUT2D eigenvalue weighted by Gasteiger charge is -2.34. The molecule has 27 heavy (non-hydrogen) atoms. The summed E-state index contributed by atoms with van der Waals surface area (Å²) < 4.78 is 5.43.